The van der Waals surface area contributed by atoms with Gasteiger partial charge in [0.05, 0.1) is 23.4 Å². The molecule has 0 aliphatic rings. The summed E-state index contributed by atoms with van der Waals surface area (Å²) in [6.07, 6.45) is 0.0391. The molecule has 0 saturated carbocycles. The van der Waals surface area contributed by atoms with Crippen LogP contribution in [0.4, 0.5) is 5.13 Å². The number of nitrogens with zero attached hydrogens (tertiary/aromatic N) is 2. The van der Waals surface area contributed by atoms with Crippen molar-refractivity contribution in [2.75, 3.05) is 5.32 Å². The molecule has 0 aliphatic heterocycles. The van der Waals surface area contributed by atoms with Gasteiger partial charge in [-0.15, -0.1) is 11.3 Å². The van der Waals surface area contributed by atoms with Crippen LogP contribution in [0.25, 0.3) is 0 Å². The Hall–Kier alpha value is -3.20. The summed E-state index contributed by atoms with van der Waals surface area (Å²) >= 11 is 1.23. The molecule has 3 N–H and O–H groups in total. The number of carbonyl (C=O) groups is 2. The van der Waals surface area contributed by atoms with E-state index >= 15 is 0 Å². The number of benzene rings is 1. The van der Waals surface area contributed by atoms with Crippen LogP contribution < -0.4 is 15.8 Å². The van der Waals surface area contributed by atoms with Crippen LogP contribution in [0.15, 0.2) is 34.2 Å². The molecule has 27 heavy (non-hydrogen) atoms. The van der Waals surface area contributed by atoms with Crippen LogP contribution in [0.3, 0.4) is 0 Å². The lowest BCUT2D eigenvalue weighted by molar-refractivity contribution is -0.117. The van der Waals surface area contributed by atoms with Crippen molar-refractivity contribution in [3.05, 3.63) is 57.9 Å². The Bertz CT molecular complexity index is 960. The number of primary amides is 1. The zero-order chi connectivity index (χ0) is 19.4. The lowest BCUT2D eigenvalue weighted by atomic mass is 10.2. The number of thiazole rings is 1. The Morgan fingerprint density at radius 1 is 1.33 bits per heavy atom. The zero-order valence-electron chi connectivity index (χ0n) is 14.8. The van der Waals surface area contributed by atoms with E-state index in [1.807, 2.05) is 13.8 Å². The number of nitrogens with two attached hydrogens (primary N) is 1. The largest absolute Gasteiger partial charge is 0.489 e. The lowest BCUT2D eigenvalue weighted by Crippen LogP contribution is -2.14. The van der Waals surface area contributed by atoms with E-state index in [4.69, 9.17) is 15.0 Å². The third kappa shape index (κ3) is 4.70. The molecule has 3 rings (SSSR count). The number of aromatic nitrogens is 2. The van der Waals surface area contributed by atoms with Crippen molar-refractivity contribution in [1.82, 2.24) is 10.1 Å². The molecule has 1 aromatic carbocycles. The van der Waals surface area contributed by atoms with Gasteiger partial charge in [-0.05, 0) is 32.0 Å². The maximum Gasteiger partial charge on any atom is 0.257 e. The monoisotopic (exact) mass is 386 g/mol. The minimum Gasteiger partial charge on any atom is -0.489 e. The average molecular weight is 386 g/mol. The Labute approximate surface area is 159 Å². The van der Waals surface area contributed by atoms with E-state index in [9.17, 15) is 9.59 Å². The van der Waals surface area contributed by atoms with Crippen molar-refractivity contribution in [2.24, 2.45) is 5.73 Å². The van der Waals surface area contributed by atoms with Gasteiger partial charge < -0.3 is 15.0 Å². The van der Waals surface area contributed by atoms with E-state index in [2.05, 4.69) is 15.5 Å². The number of aryl methyl sites for hydroxylation is 2. The molecule has 0 atom stereocenters. The summed E-state index contributed by atoms with van der Waals surface area (Å²) in [6.45, 7) is 3.97. The highest BCUT2D eigenvalue weighted by molar-refractivity contribution is 7.14. The molecule has 0 radical (unpaired) electrons. The second-order valence-electron chi connectivity index (χ2n) is 5.86. The molecule has 0 aliphatic carbocycles. The summed E-state index contributed by atoms with van der Waals surface area (Å²) in [5.41, 5.74) is 7.75. The third-order valence-electron chi connectivity index (χ3n) is 3.79. The number of anilines is 1. The van der Waals surface area contributed by atoms with E-state index in [1.165, 1.54) is 11.3 Å². The van der Waals surface area contributed by atoms with Crippen LogP contribution in [0, 0.1) is 13.8 Å². The fourth-order valence-electron chi connectivity index (χ4n) is 2.38. The second kappa shape index (κ2) is 8.00. The highest BCUT2D eigenvalue weighted by atomic mass is 32.1. The van der Waals surface area contributed by atoms with Crippen LogP contribution in [0.5, 0.6) is 5.75 Å². The van der Waals surface area contributed by atoms with Crippen molar-refractivity contribution < 1.29 is 18.8 Å². The van der Waals surface area contributed by atoms with Gasteiger partial charge >= 0.3 is 0 Å². The Morgan fingerprint density at radius 2 is 2.15 bits per heavy atom. The van der Waals surface area contributed by atoms with Gasteiger partial charge in [0, 0.05) is 10.9 Å². The predicted octanol–water partition coefficient (Wildman–Crippen LogP) is 2.61. The molecule has 8 nitrogen and oxygen atoms in total. The van der Waals surface area contributed by atoms with Gasteiger partial charge in [0.25, 0.3) is 5.91 Å². The number of nitrogens with one attached hydrogen (secondary N) is 1. The van der Waals surface area contributed by atoms with E-state index in [0.717, 1.165) is 11.3 Å². The topological polar surface area (TPSA) is 120 Å². The highest BCUT2D eigenvalue weighted by Crippen LogP contribution is 2.20. The first-order valence-corrected chi connectivity index (χ1v) is 8.99. The maximum atomic E-state index is 12.4. The van der Waals surface area contributed by atoms with Crippen molar-refractivity contribution in [3.63, 3.8) is 0 Å². The number of rotatable bonds is 7. The van der Waals surface area contributed by atoms with Gasteiger partial charge in [0.15, 0.2) is 5.13 Å². The number of hydrogen-bond acceptors (Lipinski definition) is 7. The van der Waals surface area contributed by atoms with Crippen molar-refractivity contribution >= 4 is 28.3 Å². The predicted molar refractivity (Wildman–Crippen MR) is 99.7 cm³/mol. The summed E-state index contributed by atoms with van der Waals surface area (Å²) in [5.74, 6) is 0.465. The molecule has 2 aromatic heterocycles. The summed E-state index contributed by atoms with van der Waals surface area (Å²) in [6, 6.07) is 6.82. The van der Waals surface area contributed by atoms with Gasteiger partial charge in [-0.25, -0.2) is 4.98 Å². The molecule has 0 bridgehead atoms. The van der Waals surface area contributed by atoms with Crippen LogP contribution in [0.2, 0.25) is 0 Å². The summed E-state index contributed by atoms with van der Waals surface area (Å²) in [7, 11) is 0. The first-order valence-electron chi connectivity index (χ1n) is 8.11. The molecule has 9 heteroatoms. The zero-order valence-corrected chi connectivity index (χ0v) is 15.6. The molecule has 0 spiro atoms. The van der Waals surface area contributed by atoms with Crippen molar-refractivity contribution in [3.8, 4) is 5.75 Å². The molecule has 0 fully saturated rings. The summed E-state index contributed by atoms with van der Waals surface area (Å²) < 4.78 is 10.9. The standard InChI is InChI=1S/C18H18N4O4S/c1-10-15(11(2)26-22-10)8-25-14-5-3-4-12(6-14)17(24)21-18-20-13(9-27-18)7-16(19)23/h3-6,9H,7-8H2,1-2H3,(H2,19,23)(H,20,21,24). The smallest absolute Gasteiger partial charge is 0.257 e. The fraction of sp³-hybridized carbons (Fsp3) is 0.222. The Morgan fingerprint density at radius 3 is 2.85 bits per heavy atom. The normalized spacial score (nSPS) is 10.6. The molecule has 140 valence electrons. The highest BCUT2D eigenvalue weighted by Gasteiger charge is 2.13. The van der Waals surface area contributed by atoms with Crippen LogP contribution in [-0.4, -0.2) is 22.0 Å². The molecule has 2 amide bonds. The first kappa shape index (κ1) is 18.6. The molecule has 2 heterocycles. The SMILES string of the molecule is Cc1noc(C)c1COc1cccc(C(=O)Nc2nc(CC(N)=O)cs2)c1. The van der Waals surface area contributed by atoms with Gasteiger partial charge in [-0.2, -0.15) is 0 Å². The van der Waals surface area contributed by atoms with E-state index in [-0.39, 0.29) is 12.3 Å². The first-order chi connectivity index (χ1) is 12.9. The van der Waals surface area contributed by atoms with E-state index < -0.39 is 5.91 Å². The van der Waals surface area contributed by atoms with E-state index in [1.54, 1.807) is 29.6 Å². The van der Waals surface area contributed by atoms with Crippen LogP contribution in [-0.2, 0) is 17.8 Å². The Kier molecular flexibility index (Phi) is 5.51. The molecule has 0 unspecified atom stereocenters. The summed E-state index contributed by atoms with van der Waals surface area (Å²) in [4.78, 5) is 27.5. The molecular formula is C18H18N4O4S. The van der Waals surface area contributed by atoms with Crippen molar-refractivity contribution in [1.29, 1.82) is 0 Å². The maximum absolute atomic E-state index is 12.4. The number of carbonyl (C=O) groups excluding carboxylic acids is 2. The number of hydrogen-bond donors (Lipinski definition) is 2. The average Bonchev–Trinajstić information content (AvgIpc) is 3.19. The Balaban J connectivity index is 1.65. The van der Waals surface area contributed by atoms with E-state index in [0.29, 0.717) is 34.5 Å². The quantitative estimate of drug-likeness (QED) is 0.644. The van der Waals surface area contributed by atoms with Crippen LogP contribution >= 0.6 is 11.3 Å². The minimum atomic E-state index is -0.471. The van der Waals surface area contributed by atoms with Crippen molar-refractivity contribution in [2.45, 2.75) is 26.9 Å². The number of ether oxygens (including phenoxy) is 1. The minimum absolute atomic E-state index is 0.0391. The third-order valence-corrected chi connectivity index (χ3v) is 4.59. The van der Waals surface area contributed by atoms with Gasteiger partial charge in [-0.1, -0.05) is 11.2 Å². The lowest BCUT2D eigenvalue weighted by Gasteiger charge is -2.08. The van der Waals surface area contributed by atoms with Gasteiger partial charge in [0.1, 0.15) is 18.1 Å². The summed E-state index contributed by atoms with van der Waals surface area (Å²) in [5, 5.41) is 8.68. The molecule has 3 aromatic rings. The van der Waals surface area contributed by atoms with Gasteiger partial charge in [-0.3, -0.25) is 14.9 Å². The fourth-order valence-corrected chi connectivity index (χ4v) is 3.09. The second-order valence-corrected chi connectivity index (χ2v) is 6.72. The molecule has 0 saturated heterocycles. The molecular weight excluding hydrogens is 368 g/mol. The number of amides is 2. The van der Waals surface area contributed by atoms with Crippen LogP contribution in [0.1, 0.15) is 33.1 Å². The van der Waals surface area contributed by atoms with Gasteiger partial charge in [0.2, 0.25) is 5.91 Å².